The summed E-state index contributed by atoms with van der Waals surface area (Å²) in [5.41, 5.74) is 3.22. The van der Waals surface area contributed by atoms with Crippen LogP contribution in [0.4, 0.5) is 0 Å². The Morgan fingerprint density at radius 2 is 2.25 bits per heavy atom. The zero-order valence-corrected chi connectivity index (χ0v) is 5.52. The first-order valence-corrected chi connectivity index (χ1v) is 2.99. The van der Waals surface area contributed by atoms with Crippen LogP contribution in [0.5, 0.6) is 0 Å². The molecule has 0 atom stereocenters. The fourth-order valence-electron chi connectivity index (χ4n) is 0.857. The van der Waals surface area contributed by atoms with Crippen LogP contribution in [0, 0.1) is 0 Å². The summed E-state index contributed by atoms with van der Waals surface area (Å²) in [4.78, 5) is 0. The Balaban J connectivity index is 2.24. The number of nitrogens with one attached hydrogen (secondary N) is 1. The third-order valence-electron chi connectivity index (χ3n) is 1.32. The van der Waals surface area contributed by atoms with E-state index in [0.29, 0.717) is 0 Å². The van der Waals surface area contributed by atoms with E-state index in [-0.39, 0.29) is 0 Å². The monoisotopic (exact) mass is 115 g/mol. The highest BCUT2D eigenvalue weighted by Gasteiger charge is 2.10. The van der Waals surface area contributed by atoms with Gasteiger partial charge in [-0.15, -0.1) is 0 Å². The number of hydrogen-bond acceptors (Lipinski definition) is 3. The molecule has 0 bridgehead atoms. The zero-order valence-electron chi connectivity index (χ0n) is 5.52. The van der Waals surface area contributed by atoms with Crippen molar-refractivity contribution in [3.63, 3.8) is 0 Å². The van der Waals surface area contributed by atoms with Gasteiger partial charge in [-0.25, -0.2) is 10.4 Å². The van der Waals surface area contributed by atoms with Crippen LogP contribution in [0.3, 0.4) is 0 Å². The van der Waals surface area contributed by atoms with Gasteiger partial charge in [-0.1, -0.05) is 0 Å². The van der Waals surface area contributed by atoms with E-state index in [1.807, 2.05) is 14.1 Å². The van der Waals surface area contributed by atoms with Gasteiger partial charge in [0.15, 0.2) is 0 Å². The Morgan fingerprint density at radius 1 is 1.50 bits per heavy atom. The lowest BCUT2D eigenvalue weighted by Gasteiger charge is -2.22. The predicted octanol–water partition coefficient (Wildman–Crippen LogP) is -0.327. The van der Waals surface area contributed by atoms with Crippen molar-refractivity contribution in [2.75, 3.05) is 27.2 Å². The van der Waals surface area contributed by atoms with Gasteiger partial charge in [-0.3, -0.25) is 0 Å². The van der Waals surface area contributed by atoms with Crippen LogP contribution in [-0.2, 0) is 0 Å². The van der Waals surface area contributed by atoms with Crippen LogP contribution in [0.15, 0.2) is 0 Å². The standard InChI is InChI=1S/C5H13N3/c1-7(2)8-5-3-4-6-8/h6H,3-5H2,1-2H3. The molecule has 1 N–H and O–H groups in total. The summed E-state index contributed by atoms with van der Waals surface area (Å²) in [6.07, 6.45) is 1.26. The minimum Gasteiger partial charge on any atom is -0.241 e. The minimum atomic E-state index is 1.12. The van der Waals surface area contributed by atoms with E-state index in [1.165, 1.54) is 6.42 Å². The van der Waals surface area contributed by atoms with E-state index in [2.05, 4.69) is 15.6 Å². The van der Waals surface area contributed by atoms with Gasteiger partial charge in [-0.2, -0.15) is 5.12 Å². The maximum Gasteiger partial charge on any atom is 0.0303 e. The maximum absolute atomic E-state index is 3.22. The van der Waals surface area contributed by atoms with Gasteiger partial charge in [0.25, 0.3) is 0 Å². The van der Waals surface area contributed by atoms with E-state index in [9.17, 15) is 0 Å². The second-order valence-corrected chi connectivity index (χ2v) is 2.23. The molecule has 3 nitrogen and oxygen atoms in total. The van der Waals surface area contributed by atoms with Gasteiger partial charge in [0.2, 0.25) is 0 Å². The van der Waals surface area contributed by atoms with E-state index in [1.54, 1.807) is 0 Å². The minimum absolute atomic E-state index is 1.12. The summed E-state index contributed by atoms with van der Waals surface area (Å²) in [6.45, 7) is 2.27. The molecular formula is C5H13N3. The number of hydrazine groups is 2. The molecule has 1 heterocycles. The topological polar surface area (TPSA) is 18.5 Å². The Bertz CT molecular complexity index is 66.1. The molecule has 0 spiro atoms. The van der Waals surface area contributed by atoms with Gasteiger partial charge in [0.1, 0.15) is 0 Å². The van der Waals surface area contributed by atoms with Crippen molar-refractivity contribution in [1.29, 1.82) is 0 Å². The normalized spacial score (nSPS) is 22.9. The van der Waals surface area contributed by atoms with Crippen molar-refractivity contribution in [2.45, 2.75) is 6.42 Å². The Hall–Kier alpha value is -0.120. The van der Waals surface area contributed by atoms with E-state index in [0.717, 1.165) is 13.1 Å². The highest BCUT2D eigenvalue weighted by molar-refractivity contribution is 4.55. The molecule has 48 valence electrons. The summed E-state index contributed by atoms with van der Waals surface area (Å²) in [5, 5.41) is 4.17. The molecule has 0 aromatic rings. The Labute approximate surface area is 50.2 Å². The van der Waals surface area contributed by atoms with E-state index < -0.39 is 0 Å². The molecule has 0 aromatic heterocycles. The average molecular weight is 115 g/mol. The average Bonchev–Trinajstić information content (AvgIpc) is 2.12. The highest BCUT2D eigenvalue weighted by atomic mass is 15.8. The molecule has 0 radical (unpaired) electrons. The Morgan fingerprint density at radius 3 is 2.50 bits per heavy atom. The van der Waals surface area contributed by atoms with Crippen LogP contribution < -0.4 is 5.43 Å². The second-order valence-electron chi connectivity index (χ2n) is 2.23. The van der Waals surface area contributed by atoms with Crippen molar-refractivity contribution in [3.8, 4) is 0 Å². The molecule has 1 aliphatic rings. The first-order chi connectivity index (χ1) is 3.80. The van der Waals surface area contributed by atoms with Crippen molar-refractivity contribution in [1.82, 2.24) is 15.6 Å². The van der Waals surface area contributed by atoms with Crippen molar-refractivity contribution < 1.29 is 0 Å². The first-order valence-electron chi connectivity index (χ1n) is 2.99. The molecule has 1 saturated heterocycles. The van der Waals surface area contributed by atoms with Gasteiger partial charge < -0.3 is 0 Å². The molecule has 0 amide bonds. The quantitative estimate of drug-likeness (QED) is 0.505. The van der Waals surface area contributed by atoms with Crippen molar-refractivity contribution in [2.24, 2.45) is 0 Å². The van der Waals surface area contributed by atoms with Gasteiger partial charge in [0, 0.05) is 27.2 Å². The highest BCUT2D eigenvalue weighted by Crippen LogP contribution is 1.95. The van der Waals surface area contributed by atoms with Gasteiger partial charge >= 0.3 is 0 Å². The third-order valence-corrected chi connectivity index (χ3v) is 1.32. The molecule has 8 heavy (non-hydrogen) atoms. The molecule has 0 aliphatic carbocycles. The van der Waals surface area contributed by atoms with Crippen LogP contribution in [0.2, 0.25) is 0 Å². The number of rotatable bonds is 1. The fraction of sp³-hybridized carbons (Fsp3) is 1.00. The Kier molecular flexibility index (Phi) is 1.83. The van der Waals surface area contributed by atoms with Crippen molar-refractivity contribution >= 4 is 0 Å². The molecule has 3 heteroatoms. The summed E-state index contributed by atoms with van der Waals surface area (Å²) in [5.74, 6) is 0. The summed E-state index contributed by atoms with van der Waals surface area (Å²) >= 11 is 0. The SMILES string of the molecule is CN(C)N1CCCN1. The number of nitrogens with zero attached hydrogens (tertiary/aromatic N) is 2. The molecule has 1 rings (SSSR count). The predicted molar refractivity (Wildman–Crippen MR) is 33.0 cm³/mol. The molecule has 0 aromatic carbocycles. The lowest BCUT2D eigenvalue weighted by molar-refractivity contribution is 0.00455. The van der Waals surface area contributed by atoms with Crippen LogP contribution >= 0.6 is 0 Å². The van der Waals surface area contributed by atoms with Crippen LogP contribution in [-0.4, -0.2) is 37.3 Å². The van der Waals surface area contributed by atoms with Crippen molar-refractivity contribution in [3.05, 3.63) is 0 Å². The largest absolute Gasteiger partial charge is 0.241 e. The molecule has 0 unspecified atom stereocenters. The molecule has 1 aliphatic heterocycles. The fourth-order valence-corrected chi connectivity index (χ4v) is 0.857. The van der Waals surface area contributed by atoms with Gasteiger partial charge in [0.05, 0.1) is 0 Å². The smallest absolute Gasteiger partial charge is 0.0303 e. The van der Waals surface area contributed by atoms with Crippen LogP contribution in [0.25, 0.3) is 0 Å². The lowest BCUT2D eigenvalue weighted by atomic mass is 10.5. The first kappa shape index (κ1) is 6.01. The van der Waals surface area contributed by atoms with E-state index in [4.69, 9.17) is 0 Å². The van der Waals surface area contributed by atoms with Crippen LogP contribution in [0.1, 0.15) is 6.42 Å². The number of hydrogen-bond donors (Lipinski definition) is 1. The van der Waals surface area contributed by atoms with Gasteiger partial charge in [-0.05, 0) is 6.42 Å². The summed E-state index contributed by atoms with van der Waals surface area (Å²) in [7, 11) is 4.08. The molecule has 0 saturated carbocycles. The zero-order chi connectivity index (χ0) is 5.98. The lowest BCUT2D eigenvalue weighted by Crippen LogP contribution is -2.41. The summed E-state index contributed by atoms with van der Waals surface area (Å²) < 4.78 is 0. The molecule has 1 fully saturated rings. The third kappa shape index (κ3) is 1.18. The maximum atomic E-state index is 3.22. The molecular weight excluding hydrogens is 102 g/mol. The second kappa shape index (κ2) is 2.44. The van der Waals surface area contributed by atoms with E-state index >= 15 is 0 Å². The summed E-state index contributed by atoms with van der Waals surface area (Å²) in [6, 6.07) is 0.